The predicted octanol–water partition coefficient (Wildman–Crippen LogP) is 2.03. The molecule has 3 rings (SSSR count). The molecule has 0 saturated carbocycles. The molecule has 2 aromatic carbocycles. The van der Waals surface area contributed by atoms with Gasteiger partial charge in [0.2, 0.25) is 10.0 Å². The molecule has 1 heterocycles. The van der Waals surface area contributed by atoms with E-state index in [-0.39, 0.29) is 4.90 Å². The quantitative estimate of drug-likeness (QED) is 0.860. The maximum Gasteiger partial charge on any atom is 0.331 e. The Morgan fingerprint density at radius 1 is 1.09 bits per heavy atom. The summed E-state index contributed by atoms with van der Waals surface area (Å²) in [6.45, 7) is 1.51. The van der Waals surface area contributed by atoms with Crippen LogP contribution < -0.4 is 4.72 Å². The van der Waals surface area contributed by atoms with Gasteiger partial charge in [-0.05, 0) is 30.2 Å². The second-order valence-corrected chi connectivity index (χ2v) is 6.95. The summed E-state index contributed by atoms with van der Waals surface area (Å²) < 4.78 is 31.6. The molecule has 1 aliphatic rings. The third kappa shape index (κ3) is 2.12. The van der Waals surface area contributed by atoms with Gasteiger partial charge in [-0.15, -0.1) is 0 Å². The van der Waals surface area contributed by atoms with E-state index in [1.807, 2.05) is 30.3 Å². The van der Waals surface area contributed by atoms with Crippen molar-refractivity contribution in [1.82, 2.24) is 4.72 Å². The van der Waals surface area contributed by atoms with Crippen LogP contribution >= 0.6 is 0 Å². The van der Waals surface area contributed by atoms with Crippen LogP contribution in [0.1, 0.15) is 12.5 Å². The zero-order valence-corrected chi connectivity index (χ0v) is 13.0. The summed E-state index contributed by atoms with van der Waals surface area (Å²) in [4.78, 5) is 12.2. The van der Waals surface area contributed by atoms with E-state index in [0.29, 0.717) is 5.56 Å². The summed E-state index contributed by atoms with van der Waals surface area (Å²) in [5.41, 5.74) is 0.782. The van der Waals surface area contributed by atoms with Gasteiger partial charge in [0.15, 0.2) is 5.54 Å². The van der Waals surface area contributed by atoms with Gasteiger partial charge in [0.1, 0.15) is 0 Å². The van der Waals surface area contributed by atoms with Crippen molar-refractivity contribution in [3.8, 4) is 11.1 Å². The highest BCUT2D eigenvalue weighted by Crippen LogP contribution is 2.38. The SMILES string of the molecule is COC(=O)[C@]1(C)NS(=O)(=O)c2ccc(-c3ccccc3)cc21. The molecule has 0 radical (unpaired) electrons. The molecule has 1 atom stereocenters. The number of ether oxygens (including phenoxy) is 1. The largest absolute Gasteiger partial charge is 0.467 e. The first-order valence-electron chi connectivity index (χ1n) is 6.71. The van der Waals surface area contributed by atoms with Crippen LogP contribution in [0.2, 0.25) is 0 Å². The van der Waals surface area contributed by atoms with E-state index in [1.54, 1.807) is 12.1 Å². The topological polar surface area (TPSA) is 72.5 Å². The Morgan fingerprint density at radius 3 is 2.41 bits per heavy atom. The summed E-state index contributed by atoms with van der Waals surface area (Å²) in [7, 11) is -2.48. The number of fused-ring (bicyclic) bond motifs is 1. The second-order valence-electron chi connectivity index (χ2n) is 5.30. The highest BCUT2D eigenvalue weighted by atomic mass is 32.2. The van der Waals surface area contributed by atoms with Gasteiger partial charge >= 0.3 is 5.97 Å². The smallest absolute Gasteiger partial charge is 0.331 e. The fraction of sp³-hybridized carbons (Fsp3) is 0.188. The van der Waals surface area contributed by atoms with Crippen LogP contribution in [-0.4, -0.2) is 21.5 Å². The van der Waals surface area contributed by atoms with Crippen molar-refractivity contribution in [2.45, 2.75) is 17.4 Å². The van der Waals surface area contributed by atoms with Gasteiger partial charge in [-0.3, -0.25) is 0 Å². The molecular weight excluding hydrogens is 302 g/mol. The zero-order valence-electron chi connectivity index (χ0n) is 12.2. The lowest BCUT2D eigenvalue weighted by Crippen LogP contribution is -2.44. The summed E-state index contributed by atoms with van der Waals surface area (Å²) in [5, 5.41) is 0. The van der Waals surface area contributed by atoms with E-state index in [1.165, 1.54) is 20.1 Å². The van der Waals surface area contributed by atoms with Gasteiger partial charge < -0.3 is 4.74 Å². The molecule has 5 nitrogen and oxygen atoms in total. The normalized spacial score (nSPS) is 22.1. The van der Waals surface area contributed by atoms with Gasteiger partial charge in [0.25, 0.3) is 0 Å². The molecule has 0 saturated heterocycles. The first-order valence-corrected chi connectivity index (χ1v) is 8.19. The average Bonchev–Trinajstić information content (AvgIpc) is 2.74. The summed E-state index contributed by atoms with van der Waals surface area (Å²) in [5.74, 6) is -0.639. The Labute approximate surface area is 129 Å². The van der Waals surface area contributed by atoms with Gasteiger partial charge in [-0.2, -0.15) is 4.72 Å². The van der Waals surface area contributed by atoms with E-state index in [0.717, 1.165) is 11.1 Å². The van der Waals surface area contributed by atoms with E-state index >= 15 is 0 Å². The molecule has 0 unspecified atom stereocenters. The number of carbonyl (C=O) groups excluding carboxylic acids is 1. The van der Waals surface area contributed by atoms with Gasteiger partial charge in [0, 0.05) is 5.56 Å². The van der Waals surface area contributed by atoms with Crippen LogP contribution in [-0.2, 0) is 25.1 Å². The minimum Gasteiger partial charge on any atom is -0.467 e. The summed E-state index contributed by atoms with van der Waals surface area (Å²) in [6, 6.07) is 14.5. The third-order valence-electron chi connectivity index (χ3n) is 3.85. The Hall–Kier alpha value is -2.18. The lowest BCUT2D eigenvalue weighted by Gasteiger charge is -2.21. The van der Waals surface area contributed by atoms with Crippen LogP contribution in [0.3, 0.4) is 0 Å². The van der Waals surface area contributed by atoms with Crippen molar-refractivity contribution < 1.29 is 17.9 Å². The predicted molar refractivity (Wildman–Crippen MR) is 81.6 cm³/mol. The minimum atomic E-state index is -3.72. The van der Waals surface area contributed by atoms with Gasteiger partial charge in [-0.1, -0.05) is 36.4 Å². The highest BCUT2D eigenvalue weighted by molar-refractivity contribution is 7.90. The van der Waals surface area contributed by atoms with E-state index in [2.05, 4.69) is 4.72 Å². The second kappa shape index (κ2) is 4.93. The monoisotopic (exact) mass is 317 g/mol. The molecule has 0 aliphatic carbocycles. The molecule has 1 aliphatic heterocycles. The molecule has 0 bridgehead atoms. The fourth-order valence-corrected chi connectivity index (χ4v) is 4.34. The van der Waals surface area contributed by atoms with Crippen molar-refractivity contribution in [2.75, 3.05) is 7.11 Å². The number of methoxy groups -OCH3 is 1. The first kappa shape index (κ1) is 14.7. The van der Waals surface area contributed by atoms with Crippen LogP contribution in [0.15, 0.2) is 53.4 Å². The van der Waals surface area contributed by atoms with Gasteiger partial charge in [-0.25, -0.2) is 13.2 Å². The lowest BCUT2D eigenvalue weighted by molar-refractivity contribution is -0.147. The molecule has 6 heteroatoms. The van der Waals surface area contributed by atoms with Crippen molar-refractivity contribution in [3.63, 3.8) is 0 Å². The molecule has 0 amide bonds. The van der Waals surface area contributed by atoms with Crippen LogP contribution in [0, 0.1) is 0 Å². The summed E-state index contributed by atoms with van der Waals surface area (Å²) in [6.07, 6.45) is 0. The highest BCUT2D eigenvalue weighted by Gasteiger charge is 2.49. The average molecular weight is 317 g/mol. The number of carbonyl (C=O) groups is 1. The Bertz CT molecular complexity index is 846. The number of hydrogen-bond acceptors (Lipinski definition) is 4. The Balaban J connectivity index is 2.22. The number of rotatable bonds is 2. The van der Waals surface area contributed by atoms with E-state index < -0.39 is 21.5 Å². The number of benzene rings is 2. The summed E-state index contributed by atoms with van der Waals surface area (Å²) >= 11 is 0. The molecule has 1 N–H and O–H groups in total. The van der Waals surface area contributed by atoms with Crippen molar-refractivity contribution in [1.29, 1.82) is 0 Å². The standard InChI is InChI=1S/C16H15NO4S/c1-16(15(18)21-2)13-10-12(11-6-4-3-5-7-11)8-9-14(13)22(19,20)17-16/h3-10,17H,1-2H3/t16-/m1/s1. The van der Waals surface area contributed by atoms with Crippen LogP contribution in [0.4, 0.5) is 0 Å². The fourth-order valence-electron chi connectivity index (χ4n) is 2.70. The van der Waals surface area contributed by atoms with E-state index in [9.17, 15) is 13.2 Å². The molecule has 2 aromatic rings. The number of hydrogen-bond donors (Lipinski definition) is 1. The maximum atomic E-state index is 12.2. The number of esters is 1. The molecule has 0 spiro atoms. The van der Waals surface area contributed by atoms with Crippen LogP contribution in [0.5, 0.6) is 0 Å². The van der Waals surface area contributed by atoms with Crippen molar-refractivity contribution >= 4 is 16.0 Å². The van der Waals surface area contributed by atoms with Gasteiger partial charge in [0.05, 0.1) is 12.0 Å². The van der Waals surface area contributed by atoms with Crippen molar-refractivity contribution in [2.24, 2.45) is 0 Å². The molecule has 114 valence electrons. The third-order valence-corrected chi connectivity index (χ3v) is 5.46. The Kier molecular flexibility index (Phi) is 3.30. The molecule has 0 fully saturated rings. The van der Waals surface area contributed by atoms with E-state index in [4.69, 9.17) is 4.74 Å². The Morgan fingerprint density at radius 2 is 1.77 bits per heavy atom. The molecule has 0 aromatic heterocycles. The maximum absolute atomic E-state index is 12.2. The zero-order chi connectivity index (χ0) is 16.0. The lowest BCUT2D eigenvalue weighted by atomic mass is 9.90. The molecular formula is C16H15NO4S. The van der Waals surface area contributed by atoms with Crippen molar-refractivity contribution in [3.05, 3.63) is 54.1 Å². The molecule has 22 heavy (non-hydrogen) atoms. The number of sulfonamides is 1. The number of nitrogens with one attached hydrogen (secondary N) is 1. The minimum absolute atomic E-state index is 0.111. The van der Waals surface area contributed by atoms with Crippen LogP contribution in [0.25, 0.3) is 11.1 Å². The first-order chi connectivity index (χ1) is 10.4.